The number of aromatic nitrogens is 1. The lowest BCUT2D eigenvalue weighted by molar-refractivity contribution is -0.115. The number of nitrogens with zero attached hydrogens (tertiary/aromatic N) is 2. The average Bonchev–Trinajstić information content (AvgIpc) is 3.48. The Morgan fingerprint density at radius 1 is 1.25 bits per heavy atom. The van der Waals surface area contributed by atoms with Gasteiger partial charge < -0.3 is 14.6 Å². The van der Waals surface area contributed by atoms with Gasteiger partial charge in [-0.05, 0) is 109 Å². The molecule has 186 valence electrons. The molecule has 36 heavy (non-hydrogen) atoms. The number of carbonyl (C=O) groups excluding carboxylic acids is 2. The van der Waals surface area contributed by atoms with Crippen molar-refractivity contribution in [2.24, 2.45) is 4.99 Å². The van der Waals surface area contributed by atoms with Crippen molar-refractivity contribution in [2.45, 2.75) is 39.5 Å². The molecule has 1 fully saturated rings. The molecule has 0 bridgehead atoms. The molecule has 0 unspecified atom stereocenters. The first-order valence-corrected chi connectivity index (χ1v) is 14.2. The minimum atomic E-state index is -0.295. The summed E-state index contributed by atoms with van der Waals surface area (Å²) in [5.74, 6) is -0.495. The van der Waals surface area contributed by atoms with Crippen molar-refractivity contribution in [3.63, 3.8) is 0 Å². The number of aryl methyl sites for hydroxylation is 2. The third-order valence-corrected chi connectivity index (χ3v) is 9.71. The lowest BCUT2D eigenvalue weighted by Crippen LogP contribution is -2.19. The van der Waals surface area contributed by atoms with Gasteiger partial charge in [-0.2, -0.15) is 0 Å². The Hall–Kier alpha value is -2.33. The molecule has 3 heterocycles. The molecule has 1 saturated heterocycles. The molecule has 3 aromatic rings. The van der Waals surface area contributed by atoms with E-state index in [1.807, 2.05) is 38.1 Å². The van der Waals surface area contributed by atoms with Gasteiger partial charge in [0.15, 0.2) is 5.17 Å². The summed E-state index contributed by atoms with van der Waals surface area (Å²) in [4.78, 5) is 31.8. The number of methoxy groups -OCH3 is 1. The van der Waals surface area contributed by atoms with E-state index in [-0.39, 0.29) is 11.9 Å². The highest BCUT2D eigenvalue weighted by molar-refractivity contribution is 9.10. The number of rotatable bonds is 4. The number of ether oxygens (including phenoxy) is 1. The van der Waals surface area contributed by atoms with Crippen molar-refractivity contribution in [2.75, 3.05) is 7.11 Å². The molecule has 0 atom stereocenters. The zero-order chi connectivity index (χ0) is 25.6. The number of esters is 1. The van der Waals surface area contributed by atoms with Gasteiger partial charge in [0.25, 0.3) is 5.91 Å². The largest absolute Gasteiger partial charge is 0.465 e. The first kappa shape index (κ1) is 25.3. The normalized spacial score (nSPS) is 17.5. The van der Waals surface area contributed by atoms with Crippen molar-refractivity contribution in [3.8, 4) is 5.00 Å². The van der Waals surface area contributed by atoms with Crippen LogP contribution >= 0.6 is 50.6 Å². The Labute approximate surface area is 230 Å². The van der Waals surface area contributed by atoms with E-state index in [0.717, 1.165) is 57.7 Å². The first-order valence-electron chi connectivity index (χ1n) is 11.4. The van der Waals surface area contributed by atoms with Crippen LogP contribution in [0.3, 0.4) is 0 Å². The Kier molecular flexibility index (Phi) is 7.18. The minimum absolute atomic E-state index is 0.200. The number of hydrogen-bond donors (Lipinski definition) is 1. The summed E-state index contributed by atoms with van der Waals surface area (Å²) in [6.07, 6.45) is 5.98. The molecule has 1 amide bonds. The van der Waals surface area contributed by atoms with Gasteiger partial charge in [0.05, 0.1) is 28.3 Å². The summed E-state index contributed by atoms with van der Waals surface area (Å²) < 4.78 is 8.06. The van der Waals surface area contributed by atoms with Crippen LogP contribution in [0.4, 0.5) is 5.69 Å². The average molecular weight is 605 g/mol. The number of amidine groups is 1. The SMILES string of the molecule is COC(=O)c1c(-n2c(C)cc(/C=C3\SC(=Nc4ccc(Br)c(Cl)c4)NC3=O)c2C)sc2c1CCCC2. The summed E-state index contributed by atoms with van der Waals surface area (Å²) in [6.45, 7) is 4.02. The monoisotopic (exact) mass is 603 g/mol. The molecular formula is C26H23BrClN3O3S2. The first-order chi connectivity index (χ1) is 17.3. The van der Waals surface area contributed by atoms with Crippen LogP contribution in [-0.4, -0.2) is 28.7 Å². The number of fused-ring (bicyclic) bond motifs is 1. The Morgan fingerprint density at radius 2 is 2.03 bits per heavy atom. The topological polar surface area (TPSA) is 72.7 Å². The minimum Gasteiger partial charge on any atom is -0.465 e. The van der Waals surface area contributed by atoms with Gasteiger partial charge in [0.1, 0.15) is 5.00 Å². The van der Waals surface area contributed by atoms with Gasteiger partial charge >= 0.3 is 5.97 Å². The van der Waals surface area contributed by atoms with E-state index in [1.54, 1.807) is 17.4 Å². The number of halogens is 2. The quantitative estimate of drug-likeness (QED) is 0.254. The van der Waals surface area contributed by atoms with Crippen LogP contribution in [0.15, 0.2) is 38.6 Å². The number of hydrogen-bond acceptors (Lipinski definition) is 6. The second kappa shape index (κ2) is 10.2. The van der Waals surface area contributed by atoms with Crippen molar-refractivity contribution in [3.05, 3.63) is 71.6 Å². The predicted molar refractivity (Wildman–Crippen MR) is 151 cm³/mol. The molecule has 0 radical (unpaired) electrons. The zero-order valence-corrected chi connectivity index (χ0v) is 23.9. The lowest BCUT2D eigenvalue weighted by Gasteiger charge is -2.12. The van der Waals surface area contributed by atoms with E-state index in [0.29, 0.717) is 26.3 Å². The fourth-order valence-corrected chi connectivity index (χ4v) is 7.30. The summed E-state index contributed by atoms with van der Waals surface area (Å²) in [7, 11) is 1.43. The zero-order valence-electron chi connectivity index (χ0n) is 19.9. The molecule has 2 aromatic heterocycles. The van der Waals surface area contributed by atoms with E-state index < -0.39 is 0 Å². The van der Waals surface area contributed by atoms with Crippen LogP contribution in [0.1, 0.15) is 50.6 Å². The molecule has 5 rings (SSSR count). The second-order valence-corrected chi connectivity index (χ2v) is 12.0. The highest BCUT2D eigenvalue weighted by Gasteiger charge is 2.29. The Morgan fingerprint density at radius 3 is 2.78 bits per heavy atom. The third-order valence-electron chi connectivity index (χ3n) is 6.29. The summed E-state index contributed by atoms with van der Waals surface area (Å²) in [6, 6.07) is 7.42. The van der Waals surface area contributed by atoms with Crippen LogP contribution in [0.5, 0.6) is 0 Å². The summed E-state index contributed by atoms with van der Waals surface area (Å²) in [5, 5.41) is 4.77. The van der Waals surface area contributed by atoms with Gasteiger partial charge in [-0.3, -0.25) is 4.79 Å². The Bertz CT molecular complexity index is 1470. The maximum atomic E-state index is 12.8. The van der Waals surface area contributed by atoms with Gasteiger partial charge in [0, 0.05) is 20.7 Å². The molecule has 0 spiro atoms. The molecule has 1 N–H and O–H groups in total. The van der Waals surface area contributed by atoms with Gasteiger partial charge in [0.2, 0.25) is 0 Å². The van der Waals surface area contributed by atoms with Crippen molar-refractivity contribution in [1.82, 2.24) is 9.88 Å². The van der Waals surface area contributed by atoms with Crippen LogP contribution in [0, 0.1) is 13.8 Å². The fraction of sp³-hybridized carbons (Fsp3) is 0.269. The van der Waals surface area contributed by atoms with Gasteiger partial charge in [-0.1, -0.05) is 11.6 Å². The standard InChI is InChI=1S/C26H23BrClN3O3S2/c1-13-10-15(11-21-23(32)30-26(36-21)29-16-8-9-18(27)19(28)12-16)14(2)31(13)24-22(25(33)34-3)17-6-4-5-7-20(17)35-24/h8-12H,4-7H2,1-3H3,(H,29,30,32)/b21-11-. The smallest absolute Gasteiger partial charge is 0.341 e. The summed E-state index contributed by atoms with van der Waals surface area (Å²) in [5.41, 5.74) is 5.32. The second-order valence-electron chi connectivity index (χ2n) is 8.62. The Balaban J connectivity index is 1.50. The van der Waals surface area contributed by atoms with Crippen molar-refractivity contribution in [1.29, 1.82) is 0 Å². The van der Waals surface area contributed by atoms with Crippen LogP contribution < -0.4 is 5.32 Å². The molecule has 2 aliphatic rings. The van der Waals surface area contributed by atoms with E-state index >= 15 is 0 Å². The molecule has 6 nitrogen and oxygen atoms in total. The molecular weight excluding hydrogens is 582 g/mol. The number of thiophene rings is 1. The van der Waals surface area contributed by atoms with E-state index in [1.165, 1.54) is 23.7 Å². The number of aliphatic imine (C=N–C) groups is 1. The third kappa shape index (κ3) is 4.69. The number of amides is 1. The van der Waals surface area contributed by atoms with Crippen molar-refractivity contribution < 1.29 is 14.3 Å². The number of nitrogens with one attached hydrogen (secondary N) is 1. The molecule has 1 aliphatic heterocycles. The van der Waals surface area contributed by atoms with Crippen LogP contribution in [0.25, 0.3) is 11.1 Å². The number of benzene rings is 1. The maximum absolute atomic E-state index is 12.8. The van der Waals surface area contributed by atoms with E-state index in [9.17, 15) is 9.59 Å². The van der Waals surface area contributed by atoms with E-state index in [4.69, 9.17) is 16.3 Å². The molecule has 10 heteroatoms. The molecule has 0 saturated carbocycles. The number of thioether (sulfide) groups is 1. The fourth-order valence-electron chi connectivity index (χ4n) is 4.56. The van der Waals surface area contributed by atoms with Crippen molar-refractivity contribution >= 4 is 79.4 Å². The summed E-state index contributed by atoms with van der Waals surface area (Å²) >= 11 is 12.5. The highest BCUT2D eigenvalue weighted by atomic mass is 79.9. The lowest BCUT2D eigenvalue weighted by atomic mass is 9.95. The number of carbonyl (C=O) groups is 2. The maximum Gasteiger partial charge on any atom is 0.341 e. The molecule has 1 aliphatic carbocycles. The van der Waals surface area contributed by atoms with Gasteiger partial charge in [-0.25, -0.2) is 9.79 Å². The van der Waals surface area contributed by atoms with Gasteiger partial charge in [-0.15, -0.1) is 11.3 Å². The van der Waals surface area contributed by atoms with Crippen LogP contribution in [-0.2, 0) is 22.4 Å². The van der Waals surface area contributed by atoms with Crippen LogP contribution in [0.2, 0.25) is 5.02 Å². The molecule has 1 aromatic carbocycles. The highest BCUT2D eigenvalue weighted by Crippen LogP contribution is 2.40. The van der Waals surface area contributed by atoms with E-state index in [2.05, 4.69) is 30.8 Å². The predicted octanol–water partition coefficient (Wildman–Crippen LogP) is 7.13.